The van der Waals surface area contributed by atoms with E-state index in [1.54, 1.807) is 26.2 Å². The van der Waals surface area contributed by atoms with Crippen molar-refractivity contribution in [2.24, 2.45) is 0 Å². The molecule has 3 N–H and O–H groups in total. The molecular formula is C12H13N5O3. The number of nitrogens with zero attached hydrogens (tertiary/aromatic N) is 4. The van der Waals surface area contributed by atoms with Crippen molar-refractivity contribution in [3.8, 4) is 5.82 Å². The fourth-order valence-corrected chi connectivity index (χ4v) is 1.58. The van der Waals surface area contributed by atoms with Crippen LogP contribution in [0.1, 0.15) is 20.8 Å². The minimum atomic E-state index is -1.21. The van der Waals surface area contributed by atoms with Crippen LogP contribution >= 0.6 is 0 Å². The highest BCUT2D eigenvalue weighted by Crippen LogP contribution is 2.13. The van der Waals surface area contributed by atoms with Crippen molar-refractivity contribution >= 4 is 17.6 Å². The topological polar surface area (TPSA) is 114 Å². The van der Waals surface area contributed by atoms with E-state index < -0.39 is 5.97 Å². The van der Waals surface area contributed by atoms with Gasteiger partial charge in [-0.3, -0.25) is 4.79 Å². The summed E-state index contributed by atoms with van der Waals surface area (Å²) in [6.45, 7) is 0. The lowest BCUT2D eigenvalue weighted by atomic mass is 10.2. The van der Waals surface area contributed by atoms with Gasteiger partial charge in [-0.25, -0.2) is 14.5 Å². The van der Waals surface area contributed by atoms with E-state index in [2.05, 4.69) is 10.1 Å². The predicted octanol–water partition coefficient (Wildman–Crippen LogP) is 0.249. The van der Waals surface area contributed by atoms with Gasteiger partial charge in [0.05, 0.1) is 17.4 Å². The molecule has 0 atom stereocenters. The third-order valence-electron chi connectivity index (χ3n) is 2.58. The lowest BCUT2D eigenvalue weighted by Crippen LogP contribution is -2.21. The normalized spacial score (nSPS) is 10.3. The fourth-order valence-electron chi connectivity index (χ4n) is 1.58. The fraction of sp³-hybridized carbons (Fsp3) is 0.167. The second-order valence-electron chi connectivity index (χ2n) is 4.29. The average Bonchev–Trinajstić information content (AvgIpc) is 2.80. The van der Waals surface area contributed by atoms with Gasteiger partial charge < -0.3 is 15.7 Å². The zero-order valence-corrected chi connectivity index (χ0v) is 10.9. The van der Waals surface area contributed by atoms with E-state index in [9.17, 15) is 9.59 Å². The number of anilines is 1. The first-order valence-corrected chi connectivity index (χ1v) is 5.66. The van der Waals surface area contributed by atoms with Gasteiger partial charge >= 0.3 is 5.97 Å². The van der Waals surface area contributed by atoms with Crippen LogP contribution in [-0.4, -0.2) is 50.7 Å². The average molecular weight is 275 g/mol. The molecule has 1 amide bonds. The summed E-state index contributed by atoms with van der Waals surface area (Å²) in [5.74, 6) is -1.00. The molecule has 0 saturated carbocycles. The van der Waals surface area contributed by atoms with Crippen molar-refractivity contribution < 1.29 is 14.7 Å². The van der Waals surface area contributed by atoms with Crippen molar-refractivity contribution in [1.82, 2.24) is 19.7 Å². The van der Waals surface area contributed by atoms with Crippen LogP contribution in [0.15, 0.2) is 24.5 Å². The van der Waals surface area contributed by atoms with Crippen molar-refractivity contribution in [2.45, 2.75) is 0 Å². The van der Waals surface area contributed by atoms with E-state index in [1.165, 1.54) is 22.0 Å². The number of carbonyl (C=O) groups excluding carboxylic acids is 1. The first kappa shape index (κ1) is 13.5. The van der Waals surface area contributed by atoms with Crippen LogP contribution in [0.2, 0.25) is 0 Å². The number of aromatic nitrogens is 3. The summed E-state index contributed by atoms with van der Waals surface area (Å²) in [5, 5.41) is 12.7. The van der Waals surface area contributed by atoms with Crippen LogP contribution < -0.4 is 5.73 Å². The molecule has 2 aromatic rings. The Morgan fingerprint density at radius 1 is 1.35 bits per heavy atom. The Kier molecular flexibility index (Phi) is 3.38. The number of carbonyl (C=O) groups is 2. The van der Waals surface area contributed by atoms with Gasteiger partial charge in [0, 0.05) is 20.3 Å². The summed E-state index contributed by atoms with van der Waals surface area (Å²) in [6.07, 6.45) is 2.76. The molecular weight excluding hydrogens is 262 g/mol. The van der Waals surface area contributed by atoms with Gasteiger partial charge in [0.25, 0.3) is 5.91 Å². The Hall–Kier alpha value is -2.90. The Bertz CT molecular complexity index is 660. The van der Waals surface area contributed by atoms with Crippen LogP contribution in [0.3, 0.4) is 0 Å². The zero-order valence-electron chi connectivity index (χ0n) is 10.9. The van der Waals surface area contributed by atoms with E-state index in [0.29, 0.717) is 11.4 Å². The second kappa shape index (κ2) is 5.00. The number of pyridine rings is 1. The zero-order chi connectivity index (χ0) is 14.9. The number of nitrogen functional groups attached to an aromatic ring is 1. The Morgan fingerprint density at radius 3 is 2.50 bits per heavy atom. The molecule has 0 fully saturated rings. The molecule has 8 heteroatoms. The third-order valence-corrected chi connectivity index (χ3v) is 2.58. The van der Waals surface area contributed by atoms with E-state index in [4.69, 9.17) is 10.8 Å². The summed E-state index contributed by atoms with van der Waals surface area (Å²) in [4.78, 5) is 28.1. The van der Waals surface area contributed by atoms with Crippen molar-refractivity contribution in [2.75, 3.05) is 19.8 Å². The maximum atomic E-state index is 11.7. The minimum absolute atomic E-state index is 0.0488. The quantitative estimate of drug-likeness (QED) is 0.829. The largest absolute Gasteiger partial charge is 0.476 e. The number of hydrogen-bond acceptors (Lipinski definition) is 5. The lowest BCUT2D eigenvalue weighted by molar-refractivity contribution is 0.0690. The van der Waals surface area contributed by atoms with Gasteiger partial charge in [0.15, 0.2) is 11.5 Å². The highest BCUT2D eigenvalue weighted by molar-refractivity contribution is 5.93. The number of nitrogens with two attached hydrogens (primary N) is 1. The van der Waals surface area contributed by atoms with Crippen LogP contribution in [0.25, 0.3) is 5.82 Å². The van der Waals surface area contributed by atoms with E-state index in [0.717, 1.165) is 0 Å². The third kappa shape index (κ3) is 2.44. The van der Waals surface area contributed by atoms with Gasteiger partial charge in [0.1, 0.15) is 0 Å². The molecule has 0 radical (unpaired) electrons. The molecule has 2 heterocycles. The molecule has 20 heavy (non-hydrogen) atoms. The van der Waals surface area contributed by atoms with E-state index in [1.807, 2.05) is 0 Å². The molecule has 0 saturated heterocycles. The molecule has 0 aromatic carbocycles. The highest BCUT2D eigenvalue weighted by atomic mass is 16.4. The number of carboxylic acids is 1. The van der Waals surface area contributed by atoms with Gasteiger partial charge in [-0.2, -0.15) is 5.10 Å². The number of hydrogen-bond donors (Lipinski definition) is 2. The summed E-state index contributed by atoms with van der Waals surface area (Å²) in [5.41, 5.74) is 5.79. The van der Waals surface area contributed by atoms with E-state index >= 15 is 0 Å². The summed E-state index contributed by atoms with van der Waals surface area (Å²) >= 11 is 0. The van der Waals surface area contributed by atoms with Gasteiger partial charge in [-0.15, -0.1) is 0 Å². The molecule has 8 nitrogen and oxygen atoms in total. The maximum absolute atomic E-state index is 11.7. The SMILES string of the molecule is CN(C)C(=O)c1ccc(-n2cc(N)c(C(=O)O)n2)nc1. The smallest absolute Gasteiger partial charge is 0.358 e. The number of rotatable bonds is 3. The monoisotopic (exact) mass is 275 g/mol. The van der Waals surface area contributed by atoms with Crippen LogP contribution in [0.5, 0.6) is 0 Å². The van der Waals surface area contributed by atoms with Crippen molar-refractivity contribution in [3.05, 3.63) is 35.8 Å². The molecule has 0 aliphatic heterocycles. The van der Waals surface area contributed by atoms with E-state index in [-0.39, 0.29) is 17.3 Å². The Labute approximate surface area is 114 Å². The number of amides is 1. The van der Waals surface area contributed by atoms with Gasteiger partial charge in [-0.05, 0) is 12.1 Å². The first-order chi connectivity index (χ1) is 9.40. The molecule has 0 spiro atoms. The molecule has 0 aliphatic carbocycles. The summed E-state index contributed by atoms with van der Waals surface area (Å²) in [6, 6.07) is 3.15. The molecule has 0 bridgehead atoms. The maximum Gasteiger partial charge on any atom is 0.358 e. The second-order valence-corrected chi connectivity index (χ2v) is 4.29. The van der Waals surface area contributed by atoms with Crippen LogP contribution in [-0.2, 0) is 0 Å². The molecule has 0 aliphatic rings. The van der Waals surface area contributed by atoms with Gasteiger partial charge in [0.2, 0.25) is 0 Å². The van der Waals surface area contributed by atoms with Crippen LogP contribution in [0.4, 0.5) is 5.69 Å². The first-order valence-electron chi connectivity index (χ1n) is 5.66. The Morgan fingerprint density at radius 2 is 2.05 bits per heavy atom. The van der Waals surface area contributed by atoms with Crippen molar-refractivity contribution in [3.63, 3.8) is 0 Å². The lowest BCUT2D eigenvalue weighted by Gasteiger charge is -2.09. The van der Waals surface area contributed by atoms with Crippen LogP contribution in [0, 0.1) is 0 Å². The molecule has 104 valence electrons. The van der Waals surface area contributed by atoms with Gasteiger partial charge in [-0.1, -0.05) is 0 Å². The minimum Gasteiger partial charge on any atom is -0.476 e. The molecule has 2 rings (SSSR count). The highest BCUT2D eigenvalue weighted by Gasteiger charge is 2.15. The standard InChI is InChI=1S/C12H13N5O3/c1-16(2)11(18)7-3-4-9(14-5-7)17-6-8(13)10(15-17)12(19)20/h3-6H,13H2,1-2H3,(H,19,20). The summed E-state index contributed by atoms with van der Waals surface area (Å²) in [7, 11) is 3.28. The number of aromatic carboxylic acids is 1. The number of carboxylic acid groups (broad SMARTS) is 1. The summed E-state index contributed by atoms with van der Waals surface area (Å²) < 4.78 is 1.25. The molecule has 0 unspecified atom stereocenters. The van der Waals surface area contributed by atoms with Crippen molar-refractivity contribution in [1.29, 1.82) is 0 Å². The Balaban J connectivity index is 2.33. The molecule has 2 aromatic heterocycles. The predicted molar refractivity (Wildman–Crippen MR) is 70.7 cm³/mol.